The average molecular weight is 1940 g/mol. The van der Waals surface area contributed by atoms with Gasteiger partial charge >= 0.3 is 48.1 Å². The molecule has 7 amide bonds. The maximum absolute atomic E-state index is 13.5. The van der Waals surface area contributed by atoms with Gasteiger partial charge in [0.25, 0.3) is 0 Å². The third kappa shape index (κ3) is 32.3. The zero-order valence-corrected chi connectivity index (χ0v) is 81.8. The second-order valence-electron chi connectivity index (χ2n) is 36.5. The maximum Gasteiger partial charge on any atom is 0.410 e. The number of halogens is 5. The van der Waals surface area contributed by atoms with Crippen LogP contribution in [0.15, 0.2) is 226 Å². The smallest absolute Gasteiger partial charge is 0.410 e. The summed E-state index contributed by atoms with van der Waals surface area (Å²) in [5.41, 5.74) is 1.19. The molecule has 8 heterocycles. The number of aliphatic hydroxyl groups is 1. The zero-order valence-electron chi connectivity index (χ0n) is 81.0. The number of carbonyl (C=O) groups is 8. The molecular formula is C107H136BClF4N9O17. The van der Waals surface area contributed by atoms with Crippen LogP contribution in [-0.2, 0) is 80.1 Å². The van der Waals surface area contributed by atoms with Gasteiger partial charge in [-0.3, -0.25) is 0 Å². The number of carbonyl (C=O) groups excluding carboxylic acids is 8. The summed E-state index contributed by atoms with van der Waals surface area (Å²) >= 11 is 4.97. The van der Waals surface area contributed by atoms with Gasteiger partial charge in [-0.05, 0) is 199 Å². The van der Waals surface area contributed by atoms with E-state index in [1.807, 2.05) is 117 Å². The van der Waals surface area contributed by atoms with E-state index in [1.54, 1.807) is 96.2 Å². The maximum atomic E-state index is 13.5. The van der Waals surface area contributed by atoms with Crippen molar-refractivity contribution in [1.29, 1.82) is 0 Å². The van der Waals surface area contributed by atoms with E-state index in [4.69, 9.17) is 44.8 Å². The molecule has 0 saturated carbocycles. The Balaban J connectivity index is 0.000000196. The van der Waals surface area contributed by atoms with Gasteiger partial charge in [-0.2, -0.15) is 0 Å². The summed E-state index contributed by atoms with van der Waals surface area (Å²) in [6.07, 6.45) is 14.0. The van der Waals surface area contributed by atoms with Crippen LogP contribution in [0.2, 0.25) is 0 Å². The van der Waals surface area contributed by atoms with E-state index < -0.39 is 51.7 Å². The number of ether oxygens (including phenoxy) is 8. The Bertz CT molecular complexity index is 5040. The van der Waals surface area contributed by atoms with Crippen LogP contribution in [0.4, 0.5) is 55.9 Å². The number of piperidine rings is 4. The van der Waals surface area contributed by atoms with Gasteiger partial charge in [-0.1, -0.05) is 179 Å². The average Bonchev–Trinajstić information content (AvgIpc) is 0.782. The van der Waals surface area contributed by atoms with Crippen molar-refractivity contribution in [2.45, 2.75) is 223 Å². The van der Waals surface area contributed by atoms with E-state index in [-0.39, 0.29) is 107 Å². The van der Waals surface area contributed by atoms with E-state index in [1.165, 1.54) is 68.2 Å². The van der Waals surface area contributed by atoms with Crippen molar-refractivity contribution in [3.8, 4) is 0 Å². The number of aliphatic hydroxyl groups excluding tert-OH is 1. The molecule has 26 nitrogen and oxygen atoms in total. The lowest BCUT2D eigenvalue weighted by Gasteiger charge is -2.46. The Kier molecular flexibility index (Phi) is 43.5. The summed E-state index contributed by atoms with van der Waals surface area (Å²) < 4.78 is 98.2. The van der Waals surface area contributed by atoms with Crippen LogP contribution in [-0.4, -0.2) is 235 Å². The molecule has 0 aliphatic carbocycles. The van der Waals surface area contributed by atoms with Crippen molar-refractivity contribution in [3.05, 3.63) is 288 Å². The highest BCUT2D eigenvalue weighted by atomic mass is 35.5. The molecule has 0 spiro atoms. The number of cyclic esters (lactones) is 4. The topological polar surface area (TPSA) is 269 Å². The minimum absolute atomic E-state index is 0. The number of amides is 7. The van der Waals surface area contributed by atoms with Crippen molar-refractivity contribution in [2.75, 3.05) is 105 Å². The third-order valence-electron chi connectivity index (χ3n) is 26.1. The Morgan fingerprint density at radius 2 is 0.734 bits per heavy atom. The number of rotatable bonds is 26. The molecule has 8 aliphatic rings. The van der Waals surface area contributed by atoms with E-state index in [2.05, 4.69) is 55.5 Å². The highest BCUT2D eigenvalue weighted by Gasteiger charge is 2.49. The molecule has 749 valence electrons. The first-order chi connectivity index (χ1) is 66.4. The molecule has 32 heteroatoms. The second kappa shape index (κ2) is 54.6. The Morgan fingerprint density at radius 3 is 1.01 bits per heavy atom. The monoisotopic (exact) mass is 1940 g/mol. The number of benzene rings is 7. The van der Waals surface area contributed by atoms with Gasteiger partial charge in [-0.25, -0.2) is 55.9 Å². The molecular weight excluding hydrogens is 1810 g/mol. The number of hydrogen-bond acceptors (Lipinski definition) is 19. The quantitative estimate of drug-likeness (QED) is 0.0168. The Morgan fingerprint density at radius 1 is 0.439 bits per heavy atom. The van der Waals surface area contributed by atoms with Crippen LogP contribution in [0.25, 0.3) is 0 Å². The molecule has 15 rings (SSSR count). The molecule has 7 aromatic rings. The van der Waals surface area contributed by atoms with E-state index in [9.17, 15) is 61.0 Å². The van der Waals surface area contributed by atoms with E-state index in [0.29, 0.717) is 123 Å². The van der Waals surface area contributed by atoms with Gasteiger partial charge in [0.05, 0.1) is 18.1 Å². The van der Waals surface area contributed by atoms with Gasteiger partial charge in [0.1, 0.15) is 71.1 Å². The first kappa shape index (κ1) is 111. The minimum Gasteiger partial charge on any atom is -0.449 e. The van der Waals surface area contributed by atoms with Crippen LogP contribution in [0.5, 0.6) is 0 Å². The molecule has 0 unspecified atom stereocenters. The van der Waals surface area contributed by atoms with Crippen molar-refractivity contribution in [1.82, 2.24) is 44.5 Å². The van der Waals surface area contributed by atoms with Crippen LogP contribution in [0, 0.1) is 23.3 Å². The normalized spacial score (nSPS) is 22.4. The summed E-state index contributed by atoms with van der Waals surface area (Å²) in [6.45, 7) is 34.6. The van der Waals surface area contributed by atoms with Crippen molar-refractivity contribution >= 4 is 68.1 Å². The zero-order chi connectivity index (χ0) is 99.3. The highest BCUT2D eigenvalue weighted by molar-refractivity contribution is 6.61. The molecule has 0 bridgehead atoms. The van der Waals surface area contributed by atoms with Gasteiger partial charge in [0, 0.05) is 150 Å². The lowest BCUT2D eigenvalue weighted by molar-refractivity contribution is -0.0739. The lowest BCUT2D eigenvalue weighted by Crippen LogP contribution is -2.57. The second-order valence-corrected chi connectivity index (χ2v) is 36.8. The van der Waals surface area contributed by atoms with Crippen molar-refractivity contribution in [2.24, 2.45) is 0 Å². The van der Waals surface area contributed by atoms with E-state index >= 15 is 0 Å². The molecule has 8 atom stereocenters. The molecule has 2 N–H and O–H groups in total. The van der Waals surface area contributed by atoms with Crippen LogP contribution in [0.1, 0.15) is 190 Å². The summed E-state index contributed by atoms with van der Waals surface area (Å²) in [6, 6.07) is 52.5. The standard InChI is InChI=1S/C26H31FN2O5.C26H29FN2O4.C23H31FN2O4.C18H23FN2O2.C8H7ClO2.C6H15N.B/c27-22-11-9-21(10-12-22)26(13-5-17-30)14-16-29(25(32)34-26)23-8-4-15-28(18-23)24(31)33-19-20-6-2-1-3-7-20;1-2-14-26(21-10-12-22(27)13-11-21)15-17-29(25(31)33-26)23-9-6-16-28(18-23)24(30)32-19-20-7-4-3-5-8-20;1-5-12-23(17-8-10-18(24)11-9-17)13-15-26(21(28)30-23)19-7-6-14-25(16-19)20(27)29-22(2,3)4;1-2-9-18(14-5-7-15(19)8-6-14)10-12-21(17(22)23-18)16-4-3-11-20-13-16;9-8(10)11-6-7-4-2-1-3-5-7;1-4-7(5-2)6-3;/h1-3,6-7,9-12,23,30H,4-5,8,13-19H2;2-5,7-8,10-13,23H,1,6,9,14-19H2;5,8-11,19H,1,6-7,12-16H2,2-4H3;2,5-8,16,20H,1,3-4,9-13H2;1-5H,6H2;4-6H2,1-3H3;/t2*23-,26+;19-,23+;16-,18+;;;/m0000.../s1. The summed E-state index contributed by atoms with van der Waals surface area (Å²) in [5, 5.41) is 12.7. The predicted molar refractivity (Wildman–Crippen MR) is 525 cm³/mol. The Hall–Kier alpha value is -11.9. The first-order valence-corrected chi connectivity index (χ1v) is 48.5. The molecule has 139 heavy (non-hydrogen) atoms. The number of hydrogen-bond donors (Lipinski definition) is 2. The van der Waals surface area contributed by atoms with Crippen LogP contribution < -0.4 is 5.32 Å². The largest absolute Gasteiger partial charge is 0.449 e. The van der Waals surface area contributed by atoms with Crippen LogP contribution in [0.3, 0.4) is 0 Å². The van der Waals surface area contributed by atoms with Crippen molar-refractivity contribution < 1.29 is 98.9 Å². The number of nitrogens with zero attached hydrogens (tertiary/aromatic N) is 8. The molecule has 8 saturated heterocycles. The van der Waals surface area contributed by atoms with E-state index in [0.717, 1.165) is 103 Å². The fraction of sp³-hybridized carbons (Fsp3) is 0.477. The minimum atomic E-state index is -0.896. The SMILES string of the molecule is C=CC[C@]1(c2ccc(F)cc2)CCN([C@H]2CCCN(C(=O)OC(C)(C)C)C2)C(=O)O1.C=CC[C@]1(c2ccc(F)cc2)CCN([C@H]2CCCN(C(=O)OCc3ccccc3)C2)C(=O)O1.C=CC[C@]1(c2ccc(F)cc2)CCN([C@H]2CCCNC2)C(=O)O1.CCN(CC)CC.O=C(Cl)OCc1ccccc1.O=C(OCc1ccccc1)N1CCC[C@H](N2CC[C@](CCCO)(c3ccc(F)cc3)OC2=O)C1.[B]. The highest BCUT2D eigenvalue weighted by Crippen LogP contribution is 2.44. The summed E-state index contributed by atoms with van der Waals surface area (Å²) in [7, 11) is 0. The molecule has 3 radical (unpaired) electrons. The lowest BCUT2D eigenvalue weighted by atomic mass is 9.84. The summed E-state index contributed by atoms with van der Waals surface area (Å²) in [5.74, 6) is -1.32. The van der Waals surface area contributed by atoms with Gasteiger partial charge in [0.15, 0.2) is 0 Å². The molecule has 0 aromatic heterocycles. The Labute approximate surface area is 822 Å². The van der Waals surface area contributed by atoms with Crippen LogP contribution >= 0.6 is 11.6 Å². The first-order valence-electron chi connectivity index (χ1n) is 48.1. The molecule has 7 aromatic carbocycles. The summed E-state index contributed by atoms with van der Waals surface area (Å²) in [4.78, 5) is 114. The predicted octanol–water partition coefficient (Wildman–Crippen LogP) is 21.2. The van der Waals surface area contributed by atoms with Crippen molar-refractivity contribution in [3.63, 3.8) is 0 Å². The van der Waals surface area contributed by atoms with Gasteiger partial charge in [0.2, 0.25) is 0 Å². The molecule has 8 fully saturated rings. The fourth-order valence-electron chi connectivity index (χ4n) is 18.6. The fourth-order valence-corrected chi connectivity index (χ4v) is 18.6. The number of nitrogens with one attached hydrogen (secondary N) is 1. The third-order valence-corrected chi connectivity index (χ3v) is 26.2. The van der Waals surface area contributed by atoms with Gasteiger partial charge in [-0.15, -0.1) is 19.7 Å². The number of likely N-dealkylation sites (tertiary alicyclic amines) is 3. The molecule has 8 aliphatic heterocycles. The van der Waals surface area contributed by atoms with Gasteiger partial charge < -0.3 is 87.5 Å².